The zero-order valence-corrected chi connectivity index (χ0v) is 25.3. The van der Waals surface area contributed by atoms with E-state index >= 15 is 0 Å². The molecular formula is C31H46N2O9. The predicted molar refractivity (Wildman–Crippen MR) is 154 cm³/mol. The van der Waals surface area contributed by atoms with Crippen molar-refractivity contribution in [1.29, 1.82) is 0 Å². The van der Waals surface area contributed by atoms with Gasteiger partial charge in [-0.2, -0.15) is 0 Å². The SMILES string of the molecule is C#CCOCCOCCOCCOc1ccc(N2CCN(C[C@H]3O[C@@H]4OC(C)(C)O[C@@H]4[C@H]4OC(C)(C)O[C@H]43)CC2)cc1. The monoisotopic (exact) mass is 590 g/mol. The minimum Gasteiger partial charge on any atom is -0.491 e. The molecule has 5 atom stereocenters. The molecule has 5 rings (SSSR count). The van der Waals surface area contributed by atoms with Gasteiger partial charge >= 0.3 is 0 Å². The average Bonchev–Trinajstić information content (AvgIpc) is 3.46. The van der Waals surface area contributed by atoms with Crippen LogP contribution in [0, 0.1) is 12.3 Å². The molecule has 4 heterocycles. The van der Waals surface area contributed by atoms with E-state index in [9.17, 15) is 0 Å². The highest BCUT2D eigenvalue weighted by Gasteiger charge is 2.60. The van der Waals surface area contributed by atoms with Gasteiger partial charge in [0.15, 0.2) is 17.9 Å². The Morgan fingerprint density at radius 1 is 0.762 bits per heavy atom. The number of piperazine rings is 1. The van der Waals surface area contributed by atoms with Gasteiger partial charge in [-0.05, 0) is 52.0 Å². The van der Waals surface area contributed by atoms with Crippen LogP contribution >= 0.6 is 0 Å². The van der Waals surface area contributed by atoms with Crippen LogP contribution in [0.4, 0.5) is 5.69 Å². The van der Waals surface area contributed by atoms with Crippen LogP contribution in [-0.4, -0.2) is 126 Å². The quantitative estimate of drug-likeness (QED) is 0.236. The van der Waals surface area contributed by atoms with E-state index in [1.165, 1.54) is 5.69 Å². The van der Waals surface area contributed by atoms with Gasteiger partial charge in [0.1, 0.15) is 43.4 Å². The highest BCUT2D eigenvalue weighted by atomic mass is 16.9. The highest BCUT2D eigenvalue weighted by Crippen LogP contribution is 2.44. The topological polar surface area (TPSA) is 89.6 Å². The van der Waals surface area contributed by atoms with Crippen LogP contribution in [0.2, 0.25) is 0 Å². The van der Waals surface area contributed by atoms with E-state index < -0.39 is 17.9 Å². The van der Waals surface area contributed by atoms with Crippen molar-refractivity contribution in [1.82, 2.24) is 4.90 Å². The molecular weight excluding hydrogens is 544 g/mol. The molecule has 1 aromatic rings. The molecule has 11 heteroatoms. The third-order valence-corrected chi connectivity index (χ3v) is 7.69. The van der Waals surface area contributed by atoms with Gasteiger partial charge < -0.3 is 47.5 Å². The lowest BCUT2D eigenvalue weighted by Crippen LogP contribution is -2.59. The molecule has 4 aliphatic rings. The number of benzene rings is 1. The van der Waals surface area contributed by atoms with Crippen molar-refractivity contribution in [2.75, 3.05) is 83.9 Å². The first-order valence-corrected chi connectivity index (χ1v) is 15.0. The first-order chi connectivity index (χ1) is 20.2. The van der Waals surface area contributed by atoms with Crippen molar-refractivity contribution in [3.05, 3.63) is 24.3 Å². The molecule has 0 unspecified atom stereocenters. The van der Waals surface area contributed by atoms with Crippen LogP contribution in [0.5, 0.6) is 5.75 Å². The van der Waals surface area contributed by atoms with Gasteiger partial charge in [-0.25, -0.2) is 0 Å². The van der Waals surface area contributed by atoms with Gasteiger partial charge in [0.25, 0.3) is 0 Å². The van der Waals surface area contributed by atoms with Crippen LogP contribution < -0.4 is 9.64 Å². The van der Waals surface area contributed by atoms with E-state index in [1.54, 1.807) is 0 Å². The Balaban J connectivity index is 1.00. The summed E-state index contributed by atoms with van der Waals surface area (Å²) in [5, 5.41) is 0. The fraction of sp³-hybridized carbons (Fsp3) is 0.742. The minimum absolute atomic E-state index is 0.158. The summed E-state index contributed by atoms with van der Waals surface area (Å²) in [5.74, 6) is 1.85. The molecule has 4 aliphatic heterocycles. The van der Waals surface area contributed by atoms with Crippen LogP contribution in [0.25, 0.3) is 0 Å². The van der Waals surface area contributed by atoms with E-state index in [0.717, 1.165) is 38.5 Å². The van der Waals surface area contributed by atoms with E-state index in [2.05, 4.69) is 27.9 Å². The number of hydrogen-bond acceptors (Lipinski definition) is 11. The maximum atomic E-state index is 6.42. The first kappa shape index (κ1) is 31.4. The van der Waals surface area contributed by atoms with Crippen LogP contribution in [0.3, 0.4) is 0 Å². The second-order valence-electron chi connectivity index (χ2n) is 11.8. The lowest BCUT2D eigenvalue weighted by Gasteiger charge is -2.42. The predicted octanol–water partition coefficient (Wildman–Crippen LogP) is 2.27. The van der Waals surface area contributed by atoms with Gasteiger partial charge in [-0.3, -0.25) is 4.90 Å². The van der Waals surface area contributed by atoms with Crippen molar-refractivity contribution in [2.45, 2.75) is 70.0 Å². The van der Waals surface area contributed by atoms with Gasteiger partial charge in [-0.15, -0.1) is 6.42 Å². The average molecular weight is 591 g/mol. The van der Waals surface area contributed by atoms with Crippen LogP contribution in [0.15, 0.2) is 24.3 Å². The number of fused-ring (bicyclic) bond motifs is 3. The van der Waals surface area contributed by atoms with E-state index in [1.807, 2.05) is 39.8 Å². The van der Waals surface area contributed by atoms with Crippen molar-refractivity contribution < 1.29 is 42.6 Å². The van der Waals surface area contributed by atoms with E-state index in [4.69, 9.17) is 49.1 Å². The summed E-state index contributed by atoms with van der Waals surface area (Å²) in [6.07, 6.45) is 3.79. The van der Waals surface area contributed by atoms with Gasteiger partial charge in [0.05, 0.1) is 33.0 Å². The van der Waals surface area contributed by atoms with Crippen LogP contribution in [-0.2, 0) is 37.9 Å². The standard InChI is InChI=1S/C31H46N2O9/c1-6-15-34-16-17-35-18-19-36-20-21-37-24-9-7-23(8-10-24)33-13-11-32(12-14-33)22-25-26-27(40-30(2,3)39-26)28-29(38-25)42-31(4,5)41-28/h1,7-10,25-29H,11-22H2,2-5H3/t25-,26+,27+,28-,29-/m1/s1. The number of terminal acetylenes is 1. The third kappa shape index (κ3) is 8.34. The summed E-state index contributed by atoms with van der Waals surface area (Å²) < 4.78 is 53.1. The number of anilines is 1. The molecule has 0 aliphatic carbocycles. The highest BCUT2D eigenvalue weighted by molar-refractivity contribution is 5.49. The van der Waals surface area contributed by atoms with Crippen molar-refractivity contribution in [2.24, 2.45) is 0 Å². The Labute approximate surface area is 249 Å². The van der Waals surface area contributed by atoms with Crippen LogP contribution in [0.1, 0.15) is 27.7 Å². The van der Waals surface area contributed by atoms with E-state index in [0.29, 0.717) is 46.2 Å². The fourth-order valence-corrected chi connectivity index (χ4v) is 5.83. The number of rotatable bonds is 14. The second kappa shape index (κ2) is 14.2. The number of hydrogen-bond donors (Lipinski definition) is 0. The maximum Gasteiger partial charge on any atom is 0.190 e. The molecule has 42 heavy (non-hydrogen) atoms. The van der Waals surface area contributed by atoms with Gasteiger partial charge in [0, 0.05) is 38.4 Å². The molecule has 0 saturated carbocycles. The summed E-state index contributed by atoms with van der Waals surface area (Å²) >= 11 is 0. The molecule has 0 N–H and O–H groups in total. The van der Waals surface area contributed by atoms with Crippen molar-refractivity contribution >= 4 is 5.69 Å². The molecule has 0 radical (unpaired) electrons. The third-order valence-electron chi connectivity index (χ3n) is 7.69. The molecule has 1 aromatic carbocycles. The number of nitrogens with zero attached hydrogens (tertiary/aromatic N) is 2. The summed E-state index contributed by atoms with van der Waals surface area (Å²) in [4.78, 5) is 4.83. The zero-order valence-electron chi connectivity index (χ0n) is 25.3. The lowest BCUT2D eigenvalue weighted by molar-refractivity contribution is -0.236. The molecule has 11 nitrogen and oxygen atoms in total. The molecule has 0 bridgehead atoms. The Morgan fingerprint density at radius 3 is 2.05 bits per heavy atom. The Morgan fingerprint density at radius 2 is 1.36 bits per heavy atom. The summed E-state index contributed by atoms with van der Waals surface area (Å²) in [5.41, 5.74) is 1.19. The Bertz CT molecular complexity index is 1020. The first-order valence-electron chi connectivity index (χ1n) is 15.0. The van der Waals surface area contributed by atoms with Crippen molar-refractivity contribution in [3.8, 4) is 18.1 Å². The minimum atomic E-state index is -0.709. The fourth-order valence-electron chi connectivity index (χ4n) is 5.83. The molecule has 0 amide bonds. The maximum absolute atomic E-state index is 6.42. The lowest BCUT2D eigenvalue weighted by atomic mass is 9.98. The Kier molecular flexibility index (Phi) is 10.6. The second-order valence-corrected chi connectivity index (χ2v) is 11.8. The zero-order chi connectivity index (χ0) is 29.6. The normalized spacial score (nSPS) is 30.1. The molecule has 4 saturated heterocycles. The summed E-state index contributed by atoms with van der Waals surface area (Å²) in [6, 6.07) is 8.25. The van der Waals surface area contributed by atoms with Crippen molar-refractivity contribution in [3.63, 3.8) is 0 Å². The van der Waals surface area contributed by atoms with Gasteiger partial charge in [0.2, 0.25) is 0 Å². The smallest absolute Gasteiger partial charge is 0.190 e. The molecule has 0 spiro atoms. The molecule has 4 fully saturated rings. The largest absolute Gasteiger partial charge is 0.491 e. The van der Waals surface area contributed by atoms with Gasteiger partial charge in [-0.1, -0.05) is 5.92 Å². The Hall–Kier alpha value is -1.98. The molecule has 0 aromatic heterocycles. The summed E-state index contributed by atoms with van der Waals surface area (Å²) in [7, 11) is 0. The summed E-state index contributed by atoms with van der Waals surface area (Å²) in [6.45, 7) is 15.5. The number of ether oxygens (including phenoxy) is 9. The van der Waals surface area contributed by atoms with E-state index in [-0.39, 0.29) is 24.4 Å². The molecule has 234 valence electrons.